The van der Waals surface area contributed by atoms with E-state index in [1.54, 1.807) is 0 Å². The van der Waals surface area contributed by atoms with E-state index in [0.717, 1.165) is 30.1 Å². The first-order valence-corrected chi connectivity index (χ1v) is 5.69. The van der Waals surface area contributed by atoms with Crippen LogP contribution >= 0.6 is 11.6 Å². The number of aryl methyl sites for hydroxylation is 1. The predicted molar refractivity (Wildman–Crippen MR) is 66.7 cm³/mol. The van der Waals surface area contributed by atoms with Crippen molar-refractivity contribution in [3.05, 3.63) is 40.4 Å². The van der Waals surface area contributed by atoms with Gasteiger partial charge in [0.15, 0.2) is 0 Å². The fourth-order valence-corrected chi connectivity index (χ4v) is 2.08. The van der Waals surface area contributed by atoms with Gasteiger partial charge in [0.1, 0.15) is 0 Å². The van der Waals surface area contributed by atoms with Crippen LogP contribution in [0.5, 0.6) is 0 Å². The molecule has 16 heavy (non-hydrogen) atoms. The first-order chi connectivity index (χ1) is 7.70. The Balaban J connectivity index is 2.24. The van der Waals surface area contributed by atoms with Gasteiger partial charge in [-0.15, -0.1) is 0 Å². The normalized spacial score (nSPS) is 15.6. The molecule has 1 aliphatic rings. The van der Waals surface area contributed by atoms with Crippen LogP contribution in [0.3, 0.4) is 0 Å². The van der Waals surface area contributed by atoms with E-state index in [2.05, 4.69) is 17.9 Å². The van der Waals surface area contributed by atoms with Crippen molar-refractivity contribution in [2.45, 2.75) is 13.3 Å². The van der Waals surface area contributed by atoms with Gasteiger partial charge >= 0.3 is 0 Å². The van der Waals surface area contributed by atoms with Crippen molar-refractivity contribution in [2.75, 3.05) is 18.0 Å². The Bertz CT molecular complexity index is 471. The molecule has 0 atom stereocenters. The lowest BCUT2D eigenvalue weighted by Gasteiger charge is -2.28. The van der Waals surface area contributed by atoms with Crippen molar-refractivity contribution < 1.29 is 0 Å². The molecule has 1 aromatic rings. The molecular weight excluding hydrogens is 220 g/mol. The predicted octanol–water partition coefficient (Wildman–Crippen LogP) is 3.31. The number of halogens is 1. The van der Waals surface area contributed by atoms with Crippen molar-refractivity contribution in [2.24, 2.45) is 0 Å². The number of anilines is 1. The van der Waals surface area contributed by atoms with Gasteiger partial charge in [-0.05, 0) is 31.0 Å². The Labute approximate surface area is 101 Å². The van der Waals surface area contributed by atoms with E-state index >= 15 is 0 Å². The van der Waals surface area contributed by atoms with Gasteiger partial charge < -0.3 is 4.90 Å². The number of hydrogen-bond donors (Lipinski definition) is 0. The molecule has 1 heterocycles. The summed E-state index contributed by atoms with van der Waals surface area (Å²) >= 11 is 6.00. The van der Waals surface area contributed by atoms with Gasteiger partial charge in [0.2, 0.25) is 0 Å². The van der Waals surface area contributed by atoms with E-state index in [4.69, 9.17) is 16.9 Å². The van der Waals surface area contributed by atoms with Gasteiger partial charge in [-0.2, -0.15) is 5.26 Å². The minimum absolute atomic E-state index is 0.760. The van der Waals surface area contributed by atoms with Gasteiger partial charge in [-0.1, -0.05) is 23.7 Å². The second-order valence-corrected chi connectivity index (χ2v) is 4.40. The van der Waals surface area contributed by atoms with Crippen LogP contribution in [0.15, 0.2) is 29.8 Å². The summed E-state index contributed by atoms with van der Waals surface area (Å²) in [4.78, 5) is 2.25. The molecule has 0 saturated heterocycles. The largest absolute Gasteiger partial charge is 0.367 e. The molecule has 3 heteroatoms. The summed E-state index contributed by atoms with van der Waals surface area (Å²) in [6, 6.07) is 8.13. The molecule has 2 rings (SSSR count). The van der Waals surface area contributed by atoms with E-state index in [1.165, 1.54) is 11.3 Å². The van der Waals surface area contributed by atoms with Gasteiger partial charge in [0.05, 0.1) is 6.07 Å². The van der Waals surface area contributed by atoms with Crippen LogP contribution in [0.1, 0.15) is 12.0 Å². The fourth-order valence-electron chi connectivity index (χ4n) is 1.91. The molecule has 0 amide bonds. The molecular formula is C13H13ClN2. The topological polar surface area (TPSA) is 27.0 Å². The van der Waals surface area contributed by atoms with Crippen LogP contribution in [-0.2, 0) is 0 Å². The monoisotopic (exact) mass is 232 g/mol. The Hall–Kier alpha value is -1.46. The van der Waals surface area contributed by atoms with E-state index in [0.29, 0.717) is 0 Å². The van der Waals surface area contributed by atoms with E-state index in [1.807, 2.05) is 24.3 Å². The average molecular weight is 233 g/mol. The molecule has 0 unspecified atom stereocenters. The van der Waals surface area contributed by atoms with Crippen LogP contribution in [0, 0.1) is 18.3 Å². The van der Waals surface area contributed by atoms with Gasteiger partial charge in [0.25, 0.3) is 0 Å². The number of nitrogens with zero attached hydrogens (tertiary/aromatic N) is 2. The summed E-state index contributed by atoms with van der Waals surface area (Å²) in [5.74, 6) is 0. The van der Waals surface area contributed by atoms with Crippen LogP contribution in [0.2, 0.25) is 5.02 Å². The van der Waals surface area contributed by atoms with Crippen LogP contribution in [0.25, 0.3) is 0 Å². The van der Waals surface area contributed by atoms with E-state index in [-0.39, 0.29) is 0 Å². The molecule has 0 fully saturated rings. The number of hydrogen-bond acceptors (Lipinski definition) is 2. The molecule has 1 aromatic carbocycles. The van der Waals surface area contributed by atoms with Crippen molar-refractivity contribution in [3.8, 4) is 6.07 Å². The van der Waals surface area contributed by atoms with Gasteiger partial charge in [-0.25, -0.2) is 0 Å². The third-order valence-electron chi connectivity index (χ3n) is 2.86. The maximum absolute atomic E-state index is 8.79. The van der Waals surface area contributed by atoms with Gasteiger partial charge in [0, 0.05) is 29.4 Å². The van der Waals surface area contributed by atoms with Gasteiger partial charge in [-0.3, -0.25) is 0 Å². The highest BCUT2D eigenvalue weighted by Gasteiger charge is 2.13. The molecule has 0 N–H and O–H groups in total. The molecule has 0 aliphatic carbocycles. The van der Waals surface area contributed by atoms with Crippen LogP contribution in [-0.4, -0.2) is 13.1 Å². The average Bonchev–Trinajstić information content (AvgIpc) is 2.32. The zero-order valence-corrected chi connectivity index (χ0v) is 9.96. The maximum atomic E-state index is 8.79. The molecule has 0 saturated carbocycles. The fraction of sp³-hybridized carbons (Fsp3) is 0.308. The first kappa shape index (κ1) is 11.0. The quantitative estimate of drug-likeness (QED) is 0.743. The van der Waals surface area contributed by atoms with Crippen molar-refractivity contribution in [1.82, 2.24) is 0 Å². The molecule has 1 aliphatic heterocycles. The Morgan fingerprint density at radius 1 is 1.44 bits per heavy atom. The minimum atomic E-state index is 0.760. The number of nitriles is 1. The molecule has 0 aromatic heterocycles. The summed E-state index contributed by atoms with van der Waals surface area (Å²) < 4.78 is 0. The smallest absolute Gasteiger partial charge is 0.0945 e. The number of rotatable bonds is 1. The third kappa shape index (κ3) is 2.20. The Morgan fingerprint density at radius 2 is 2.25 bits per heavy atom. The zero-order chi connectivity index (χ0) is 11.5. The lowest BCUT2D eigenvalue weighted by molar-refractivity contribution is 0.799. The highest BCUT2D eigenvalue weighted by molar-refractivity contribution is 6.30. The van der Waals surface area contributed by atoms with Crippen molar-refractivity contribution in [1.29, 1.82) is 5.26 Å². The van der Waals surface area contributed by atoms with E-state index < -0.39 is 0 Å². The molecule has 2 nitrogen and oxygen atoms in total. The zero-order valence-electron chi connectivity index (χ0n) is 9.20. The second kappa shape index (κ2) is 4.59. The summed E-state index contributed by atoms with van der Waals surface area (Å²) in [6.07, 6.45) is 2.81. The maximum Gasteiger partial charge on any atom is 0.0945 e. The van der Waals surface area contributed by atoms with E-state index in [9.17, 15) is 0 Å². The SMILES string of the molecule is Cc1ccc(Cl)cc1N1CC=C(C#N)CC1. The van der Waals surface area contributed by atoms with Crippen molar-refractivity contribution in [3.63, 3.8) is 0 Å². The Kier molecular flexibility index (Phi) is 3.17. The lowest BCUT2D eigenvalue weighted by Crippen LogP contribution is -2.28. The Morgan fingerprint density at radius 3 is 2.88 bits per heavy atom. The molecule has 0 radical (unpaired) electrons. The standard InChI is InChI=1S/C13H13ClN2/c1-10-2-3-12(14)8-13(10)16-6-4-11(9-15)5-7-16/h2-4,8H,5-7H2,1H3. The van der Waals surface area contributed by atoms with Crippen LogP contribution in [0.4, 0.5) is 5.69 Å². The summed E-state index contributed by atoms with van der Waals surface area (Å²) in [5, 5.41) is 9.55. The number of benzene rings is 1. The molecule has 0 bridgehead atoms. The summed E-state index contributed by atoms with van der Waals surface area (Å²) in [5.41, 5.74) is 3.27. The summed E-state index contributed by atoms with van der Waals surface area (Å²) in [7, 11) is 0. The first-order valence-electron chi connectivity index (χ1n) is 5.31. The molecule has 0 spiro atoms. The summed E-state index contributed by atoms with van der Waals surface area (Å²) in [6.45, 7) is 3.76. The minimum Gasteiger partial charge on any atom is -0.367 e. The third-order valence-corrected chi connectivity index (χ3v) is 3.10. The second-order valence-electron chi connectivity index (χ2n) is 3.97. The van der Waals surface area contributed by atoms with Crippen molar-refractivity contribution >= 4 is 17.3 Å². The highest BCUT2D eigenvalue weighted by atomic mass is 35.5. The molecule has 82 valence electrons. The highest BCUT2D eigenvalue weighted by Crippen LogP contribution is 2.26. The lowest BCUT2D eigenvalue weighted by atomic mass is 10.1. The van der Waals surface area contributed by atoms with Crippen LogP contribution < -0.4 is 4.90 Å².